The van der Waals surface area contributed by atoms with E-state index >= 15 is 0 Å². The van der Waals surface area contributed by atoms with Crippen LogP contribution in [0, 0.1) is 18.4 Å². The Labute approximate surface area is 217 Å². The lowest BCUT2D eigenvalue weighted by molar-refractivity contribution is -0.146. The Kier molecular flexibility index (Phi) is 7.44. The molecule has 2 N–H and O–H groups in total. The lowest BCUT2D eigenvalue weighted by atomic mass is 9.80. The van der Waals surface area contributed by atoms with Crippen molar-refractivity contribution in [2.75, 3.05) is 26.0 Å². The largest absolute Gasteiger partial charge is 0.453 e. The maximum atomic E-state index is 14.0. The molecular formula is C27H35N5O5. The summed E-state index contributed by atoms with van der Waals surface area (Å²) < 4.78 is 4.72. The molecule has 2 heterocycles. The molecule has 1 aliphatic carbocycles. The summed E-state index contributed by atoms with van der Waals surface area (Å²) in [6, 6.07) is 5.73. The molecule has 4 rings (SSSR count). The zero-order valence-electron chi connectivity index (χ0n) is 21.8. The highest BCUT2D eigenvalue weighted by atomic mass is 16.5. The van der Waals surface area contributed by atoms with Crippen LogP contribution in [-0.2, 0) is 24.5 Å². The first kappa shape index (κ1) is 26.5. The van der Waals surface area contributed by atoms with Crippen molar-refractivity contribution < 1.29 is 23.9 Å². The standard InChI is InChI=1S/C27H35N5O5/c1-16(2)12-21(31(4)23(33)20(13-17-10-11-17)30-26(36)37-5)24(34)32-15-27(14-22(32)28-3)18-8-6-7-9-19(18)29-25(27)35/h6-9,16-17,20-22H,10-15H2,1-2,4-5H3,(H,29,35)(H,30,36)/t20-,21-,22-,27-/m0/s1. The number of nitrogens with one attached hydrogen (secondary N) is 2. The smallest absolute Gasteiger partial charge is 0.407 e. The van der Waals surface area contributed by atoms with Crippen LogP contribution in [0.3, 0.4) is 0 Å². The summed E-state index contributed by atoms with van der Waals surface area (Å²) in [5.74, 6) is -0.506. The molecule has 1 spiro atoms. The van der Waals surface area contributed by atoms with Crippen molar-refractivity contribution >= 4 is 29.5 Å². The van der Waals surface area contributed by atoms with Crippen molar-refractivity contribution in [3.63, 3.8) is 0 Å². The highest BCUT2D eigenvalue weighted by molar-refractivity contribution is 6.07. The van der Waals surface area contributed by atoms with Crippen LogP contribution in [0.15, 0.2) is 24.3 Å². The number of amides is 4. The Morgan fingerprint density at radius 1 is 1.30 bits per heavy atom. The summed E-state index contributed by atoms with van der Waals surface area (Å²) in [6.07, 6.45) is 1.54. The molecule has 1 saturated heterocycles. The summed E-state index contributed by atoms with van der Waals surface area (Å²) in [7, 11) is 2.82. The Hall–Kier alpha value is -3.61. The fourth-order valence-electron chi connectivity index (χ4n) is 5.53. The van der Waals surface area contributed by atoms with Crippen LogP contribution in [-0.4, -0.2) is 72.6 Å². The van der Waals surface area contributed by atoms with Gasteiger partial charge in [0, 0.05) is 19.3 Å². The van der Waals surface area contributed by atoms with Crippen molar-refractivity contribution in [2.24, 2.45) is 11.8 Å². The number of likely N-dealkylation sites (N-methyl/N-ethyl adjacent to an activating group) is 1. The number of para-hydroxylation sites is 1. The van der Waals surface area contributed by atoms with E-state index in [0.29, 0.717) is 24.4 Å². The number of ether oxygens (including phenoxy) is 1. The molecule has 10 heteroatoms. The molecule has 2 fully saturated rings. The maximum Gasteiger partial charge on any atom is 0.407 e. The Morgan fingerprint density at radius 2 is 2.00 bits per heavy atom. The summed E-state index contributed by atoms with van der Waals surface area (Å²) >= 11 is 0. The van der Waals surface area contributed by atoms with Crippen LogP contribution in [0.4, 0.5) is 10.5 Å². The van der Waals surface area contributed by atoms with Gasteiger partial charge in [0.25, 0.3) is 5.91 Å². The predicted molar refractivity (Wildman–Crippen MR) is 136 cm³/mol. The van der Waals surface area contributed by atoms with E-state index in [1.165, 1.54) is 16.9 Å². The number of hydrogen-bond acceptors (Lipinski definition) is 5. The highest BCUT2D eigenvalue weighted by Crippen LogP contribution is 2.47. The van der Waals surface area contributed by atoms with Gasteiger partial charge in [-0.3, -0.25) is 24.1 Å². The summed E-state index contributed by atoms with van der Waals surface area (Å²) in [5, 5.41) is 5.54. The van der Waals surface area contributed by atoms with E-state index in [-0.39, 0.29) is 36.6 Å². The number of carbonyl (C=O) groups is 4. The quantitative estimate of drug-likeness (QED) is 0.524. The minimum Gasteiger partial charge on any atom is -0.453 e. The topological polar surface area (TPSA) is 112 Å². The van der Waals surface area contributed by atoms with Crippen molar-refractivity contribution in [3.05, 3.63) is 41.2 Å². The number of benzene rings is 1. The third-order valence-corrected chi connectivity index (χ3v) is 7.73. The molecule has 0 radical (unpaired) electrons. The van der Waals surface area contributed by atoms with Crippen LogP contribution in [0.2, 0.25) is 0 Å². The average Bonchev–Trinajstić information content (AvgIpc) is 3.55. The van der Waals surface area contributed by atoms with E-state index < -0.39 is 29.8 Å². The van der Waals surface area contributed by atoms with Crippen molar-refractivity contribution in [2.45, 2.75) is 69.6 Å². The van der Waals surface area contributed by atoms with Gasteiger partial charge in [0.05, 0.1) is 13.5 Å². The molecule has 198 valence electrons. The fraction of sp³-hybridized carbons (Fsp3) is 0.593. The Bertz CT molecular complexity index is 1130. The maximum absolute atomic E-state index is 14.0. The summed E-state index contributed by atoms with van der Waals surface area (Å²) in [4.78, 5) is 59.3. The molecule has 4 atom stereocenters. The number of fused-ring (bicyclic) bond motifs is 2. The first-order valence-corrected chi connectivity index (χ1v) is 12.8. The minimum atomic E-state index is -0.993. The first-order valence-electron chi connectivity index (χ1n) is 12.8. The third kappa shape index (κ3) is 5.13. The number of anilines is 1. The van der Waals surface area contributed by atoms with Gasteiger partial charge in [0.1, 0.15) is 17.5 Å². The summed E-state index contributed by atoms with van der Waals surface area (Å²) in [5.41, 5.74) is 0.502. The third-order valence-electron chi connectivity index (χ3n) is 7.73. The van der Waals surface area contributed by atoms with E-state index in [1.807, 2.05) is 38.1 Å². The number of nitrogens with zero attached hydrogens (tertiary/aromatic N) is 3. The second-order valence-electron chi connectivity index (χ2n) is 10.8. The number of methoxy groups -OCH3 is 1. The van der Waals surface area contributed by atoms with Gasteiger partial charge in [-0.05, 0) is 36.3 Å². The van der Waals surface area contributed by atoms with E-state index in [1.54, 1.807) is 7.05 Å². The second kappa shape index (κ2) is 10.4. The van der Waals surface area contributed by atoms with Crippen molar-refractivity contribution in [1.82, 2.24) is 15.1 Å². The molecular weight excluding hydrogens is 474 g/mol. The molecule has 4 amide bonds. The van der Waals surface area contributed by atoms with E-state index in [0.717, 1.165) is 18.4 Å². The first-order chi connectivity index (χ1) is 17.6. The van der Waals surface area contributed by atoms with Gasteiger partial charge in [-0.2, -0.15) is 0 Å². The van der Waals surface area contributed by atoms with Gasteiger partial charge in [-0.25, -0.2) is 11.4 Å². The Morgan fingerprint density at radius 3 is 2.62 bits per heavy atom. The zero-order chi connectivity index (χ0) is 26.9. The zero-order valence-corrected chi connectivity index (χ0v) is 21.8. The van der Waals surface area contributed by atoms with Crippen LogP contribution in [0.1, 0.15) is 51.5 Å². The molecule has 1 saturated carbocycles. The Balaban J connectivity index is 1.60. The van der Waals surface area contributed by atoms with Gasteiger partial charge >= 0.3 is 12.3 Å². The van der Waals surface area contributed by atoms with Crippen molar-refractivity contribution in [1.29, 1.82) is 0 Å². The molecule has 2 aliphatic heterocycles. The predicted octanol–water partition coefficient (Wildman–Crippen LogP) is 2.75. The fourth-order valence-corrected chi connectivity index (χ4v) is 5.53. The lowest BCUT2D eigenvalue weighted by Gasteiger charge is -2.34. The molecule has 0 aromatic heterocycles. The van der Waals surface area contributed by atoms with E-state index in [4.69, 9.17) is 11.3 Å². The van der Waals surface area contributed by atoms with E-state index in [2.05, 4.69) is 15.5 Å². The second-order valence-corrected chi connectivity index (χ2v) is 10.8. The monoisotopic (exact) mass is 509 g/mol. The minimum absolute atomic E-state index is 0.0737. The number of rotatable bonds is 8. The molecule has 10 nitrogen and oxygen atoms in total. The van der Waals surface area contributed by atoms with Crippen LogP contribution >= 0.6 is 0 Å². The van der Waals surface area contributed by atoms with Gasteiger partial charge in [-0.15, -0.1) is 0 Å². The molecule has 3 aliphatic rings. The molecule has 1 aromatic rings. The van der Waals surface area contributed by atoms with Crippen LogP contribution in [0.5, 0.6) is 0 Å². The number of alkyl carbamates (subject to hydrolysis) is 1. The summed E-state index contributed by atoms with van der Waals surface area (Å²) in [6.45, 7) is 11.8. The normalized spacial score (nSPS) is 23.7. The molecule has 0 bridgehead atoms. The lowest BCUT2D eigenvalue weighted by Crippen LogP contribution is -2.56. The highest BCUT2D eigenvalue weighted by Gasteiger charge is 2.59. The van der Waals surface area contributed by atoms with E-state index in [9.17, 15) is 19.2 Å². The average molecular weight is 510 g/mol. The number of carbonyl (C=O) groups excluding carboxylic acids is 4. The number of likely N-dealkylation sites (tertiary alicyclic amines) is 1. The number of hydrogen-bond donors (Lipinski definition) is 2. The van der Waals surface area contributed by atoms with Gasteiger partial charge in [0.2, 0.25) is 11.8 Å². The van der Waals surface area contributed by atoms with Gasteiger partial charge < -0.3 is 20.3 Å². The molecule has 0 unspecified atom stereocenters. The van der Waals surface area contributed by atoms with Gasteiger partial charge in [-0.1, -0.05) is 44.9 Å². The SMILES string of the molecule is [C-]#[N+][C@@H]1C[C@@]2(CN1C(=O)[C@H](CC(C)C)N(C)C(=O)[C@H](CC1CC1)NC(=O)OC)C(=O)Nc1ccccc12. The van der Waals surface area contributed by atoms with Crippen LogP contribution in [0.25, 0.3) is 4.85 Å². The van der Waals surface area contributed by atoms with Crippen molar-refractivity contribution in [3.8, 4) is 0 Å². The van der Waals surface area contributed by atoms with Gasteiger partial charge in [0.15, 0.2) is 0 Å². The van der Waals surface area contributed by atoms with Crippen LogP contribution < -0.4 is 10.6 Å². The molecule has 1 aromatic carbocycles. The molecule has 37 heavy (non-hydrogen) atoms.